The molecule has 0 radical (unpaired) electrons. The summed E-state index contributed by atoms with van der Waals surface area (Å²) in [5.74, 6) is 0.555. The highest BCUT2D eigenvalue weighted by Crippen LogP contribution is 2.20. The molecule has 1 rings (SSSR count). The zero-order valence-corrected chi connectivity index (χ0v) is 9.82. The summed E-state index contributed by atoms with van der Waals surface area (Å²) < 4.78 is 5.30. The van der Waals surface area contributed by atoms with Crippen molar-refractivity contribution >= 4 is 5.82 Å². The van der Waals surface area contributed by atoms with Crippen LogP contribution in [0.15, 0.2) is 12.1 Å². The second-order valence-corrected chi connectivity index (χ2v) is 3.89. The number of ether oxygens (including phenoxy) is 1. The molecule has 0 saturated carbocycles. The van der Waals surface area contributed by atoms with Gasteiger partial charge in [0.1, 0.15) is 5.82 Å². The first-order chi connectivity index (χ1) is 7.04. The molecule has 4 heteroatoms. The highest BCUT2D eigenvalue weighted by atomic mass is 16.5. The Balaban J connectivity index is 3.02. The van der Waals surface area contributed by atoms with Crippen molar-refractivity contribution in [1.29, 1.82) is 0 Å². The lowest BCUT2D eigenvalue weighted by Crippen LogP contribution is -2.15. The number of methoxy groups -OCH3 is 1. The summed E-state index contributed by atoms with van der Waals surface area (Å²) in [5.41, 5.74) is 7.75. The van der Waals surface area contributed by atoms with Gasteiger partial charge in [0.05, 0.1) is 11.8 Å². The molecular weight excluding hydrogens is 190 g/mol. The number of rotatable bonds is 4. The van der Waals surface area contributed by atoms with Gasteiger partial charge in [-0.05, 0) is 27.1 Å². The smallest absolute Gasteiger partial charge is 0.123 e. The minimum Gasteiger partial charge on any atom is -0.384 e. The van der Waals surface area contributed by atoms with Crippen LogP contribution in [0.2, 0.25) is 0 Å². The molecule has 0 amide bonds. The van der Waals surface area contributed by atoms with E-state index in [2.05, 4.69) is 9.88 Å². The minimum absolute atomic E-state index is 0.0491. The molecule has 1 aromatic rings. The van der Waals surface area contributed by atoms with E-state index in [1.807, 2.05) is 33.2 Å². The highest BCUT2D eigenvalue weighted by Gasteiger charge is 2.12. The van der Waals surface area contributed by atoms with E-state index in [1.54, 1.807) is 7.11 Å². The van der Waals surface area contributed by atoms with Crippen molar-refractivity contribution in [3.05, 3.63) is 23.4 Å². The molecule has 4 nitrogen and oxygen atoms in total. The third-order valence-electron chi connectivity index (χ3n) is 2.29. The molecule has 0 aliphatic carbocycles. The van der Waals surface area contributed by atoms with Gasteiger partial charge in [-0.15, -0.1) is 0 Å². The summed E-state index contributed by atoms with van der Waals surface area (Å²) >= 11 is 0. The topological polar surface area (TPSA) is 51.4 Å². The number of pyridine rings is 1. The number of nitrogens with two attached hydrogens (primary N) is 1. The van der Waals surface area contributed by atoms with Gasteiger partial charge in [-0.1, -0.05) is 6.07 Å². The first-order valence-corrected chi connectivity index (χ1v) is 4.97. The Labute approximate surface area is 91.1 Å². The van der Waals surface area contributed by atoms with Crippen molar-refractivity contribution in [2.75, 3.05) is 26.9 Å². The van der Waals surface area contributed by atoms with E-state index in [1.165, 1.54) is 0 Å². The third-order valence-corrected chi connectivity index (χ3v) is 2.29. The van der Waals surface area contributed by atoms with E-state index < -0.39 is 0 Å². The molecule has 0 saturated heterocycles. The molecule has 0 aliphatic heterocycles. The van der Waals surface area contributed by atoms with Gasteiger partial charge in [-0.2, -0.15) is 0 Å². The maximum atomic E-state index is 5.67. The number of anilines is 1. The Kier molecular flexibility index (Phi) is 4.05. The first-order valence-electron chi connectivity index (χ1n) is 4.97. The van der Waals surface area contributed by atoms with Gasteiger partial charge in [-0.25, -0.2) is 4.98 Å². The van der Waals surface area contributed by atoms with Gasteiger partial charge < -0.3 is 15.4 Å². The molecule has 1 aromatic heterocycles. The predicted octanol–water partition coefficient (Wildman–Crippen LogP) is 1.43. The normalized spacial score (nSPS) is 13.1. The summed E-state index contributed by atoms with van der Waals surface area (Å²) in [7, 11) is 5.71. The van der Waals surface area contributed by atoms with Gasteiger partial charge in [-0.3, -0.25) is 0 Å². The fourth-order valence-electron chi connectivity index (χ4n) is 1.45. The van der Waals surface area contributed by atoms with E-state index in [-0.39, 0.29) is 6.10 Å². The van der Waals surface area contributed by atoms with Crippen LogP contribution in [-0.4, -0.2) is 31.1 Å². The molecule has 1 heterocycles. The largest absolute Gasteiger partial charge is 0.384 e. The summed E-state index contributed by atoms with van der Waals surface area (Å²) in [6.07, 6.45) is 0.0491. The Bertz CT molecular complexity index is 326. The fraction of sp³-hybridized carbons (Fsp3) is 0.545. The summed E-state index contributed by atoms with van der Waals surface area (Å²) in [6, 6.07) is 3.79. The summed E-state index contributed by atoms with van der Waals surface area (Å²) in [6.45, 7) is 2.78. The van der Waals surface area contributed by atoms with Crippen LogP contribution in [0.1, 0.15) is 24.3 Å². The van der Waals surface area contributed by atoms with Crippen LogP contribution in [0, 0.1) is 0 Å². The van der Waals surface area contributed by atoms with Crippen LogP contribution in [-0.2, 0) is 11.3 Å². The Morgan fingerprint density at radius 3 is 2.67 bits per heavy atom. The van der Waals surface area contributed by atoms with E-state index in [9.17, 15) is 0 Å². The number of hydrogen-bond donors (Lipinski definition) is 1. The third kappa shape index (κ3) is 3.18. The molecule has 1 atom stereocenters. The molecule has 0 spiro atoms. The lowest BCUT2D eigenvalue weighted by atomic mass is 10.1. The van der Waals surface area contributed by atoms with E-state index >= 15 is 0 Å². The average Bonchev–Trinajstić information content (AvgIpc) is 2.16. The number of aromatic nitrogens is 1. The van der Waals surface area contributed by atoms with Crippen LogP contribution in [0.4, 0.5) is 5.82 Å². The molecule has 0 aromatic carbocycles. The molecule has 2 N–H and O–H groups in total. The van der Waals surface area contributed by atoms with Crippen molar-refractivity contribution in [3.63, 3.8) is 0 Å². The lowest BCUT2D eigenvalue weighted by molar-refractivity contribution is 0.118. The zero-order chi connectivity index (χ0) is 11.4. The Hall–Kier alpha value is -1.13. The molecule has 15 heavy (non-hydrogen) atoms. The van der Waals surface area contributed by atoms with Crippen molar-refractivity contribution in [2.45, 2.75) is 19.6 Å². The first kappa shape index (κ1) is 11.9. The monoisotopic (exact) mass is 209 g/mol. The fourth-order valence-corrected chi connectivity index (χ4v) is 1.45. The van der Waals surface area contributed by atoms with Gasteiger partial charge >= 0.3 is 0 Å². The number of nitrogen functional groups attached to an aromatic ring is 1. The van der Waals surface area contributed by atoms with Crippen molar-refractivity contribution in [2.24, 2.45) is 0 Å². The molecule has 1 unspecified atom stereocenters. The van der Waals surface area contributed by atoms with E-state index in [0.29, 0.717) is 5.82 Å². The standard InChI is InChI=1S/C11H19N3O/c1-8(15-4)9-5-6-11(12)13-10(9)7-14(2)3/h5-6,8H,7H2,1-4H3,(H2,12,13). The van der Waals surface area contributed by atoms with Crippen LogP contribution in [0.5, 0.6) is 0 Å². The van der Waals surface area contributed by atoms with Crippen LogP contribution in [0.25, 0.3) is 0 Å². The van der Waals surface area contributed by atoms with E-state index in [4.69, 9.17) is 10.5 Å². The van der Waals surface area contributed by atoms with Gasteiger partial charge in [0, 0.05) is 19.2 Å². The lowest BCUT2D eigenvalue weighted by Gasteiger charge is -2.17. The Morgan fingerprint density at radius 1 is 1.47 bits per heavy atom. The molecule has 84 valence electrons. The van der Waals surface area contributed by atoms with Crippen LogP contribution in [0.3, 0.4) is 0 Å². The highest BCUT2D eigenvalue weighted by molar-refractivity contribution is 5.35. The van der Waals surface area contributed by atoms with Crippen LogP contribution < -0.4 is 5.73 Å². The second-order valence-electron chi connectivity index (χ2n) is 3.89. The quantitative estimate of drug-likeness (QED) is 0.815. The van der Waals surface area contributed by atoms with Gasteiger partial charge in [0.15, 0.2) is 0 Å². The molecule has 0 bridgehead atoms. The van der Waals surface area contributed by atoms with Crippen molar-refractivity contribution in [3.8, 4) is 0 Å². The zero-order valence-electron chi connectivity index (χ0n) is 9.82. The second kappa shape index (κ2) is 5.09. The molecular formula is C11H19N3O. The summed E-state index contributed by atoms with van der Waals surface area (Å²) in [4.78, 5) is 6.40. The maximum Gasteiger partial charge on any atom is 0.123 e. The SMILES string of the molecule is COC(C)c1ccc(N)nc1CN(C)C. The minimum atomic E-state index is 0.0491. The van der Waals surface area contributed by atoms with E-state index in [0.717, 1.165) is 17.8 Å². The number of nitrogens with zero attached hydrogens (tertiary/aromatic N) is 2. The van der Waals surface area contributed by atoms with Gasteiger partial charge in [0.2, 0.25) is 0 Å². The predicted molar refractivity (Wildman–Crippen MR) is 61.5 cm³/mol. The summed E-state index contributed by atoms with van der Waals surface area (Å²) in [5, 5.41) is 0. The maximum absolute atomic E-state index is 5.67. The van der Waals surface area contributed by atoms with Gasteiger partial charge in [0.25, 0.3) is 0 Å². The average molecular weight is 209 g/mol. The van der Waals surface area contributed by atoms with Crippen LogP contribution >= 0.6 is 0 Å². The van der Waals surface area contributed by atoms with Crippen molar-refractivity contribution in [1.82, 2.24) is 9.88 Å². The molecule has 0 aliphatic rings. The van der Waals surface area contributed by atoms with Crippen molar-refractivity contribution < 1.29 is 4.74 Å². The number of hydrogen-bond acceptors (Lipinski definition) is 4. The molecule has 0 fully saturated rings. The Morgan fingerprint density at radius 2 is 2.13 bits per heavy atom.